The number of allylic oxidation sites excluding steroid dienone is 1. The highest BCUT2D eigenvalue weighted by molar-refractivity contribution is 7.80. The number of hydrogen-bond acceptors (Lipinski definition) is 4. The van der Waals surface area contributed by atoms with Gasteiger partial charge in [0.15, 0.2) is 5.11 Å². The Morgan fingerprint density at radius 3 is 2.34 bits per heavy atom. The molecule has 0 aliphatic carbocycles. The third kappa shape index (κ3) is 5.79. The van der Waals surface area contributed by atoms with Gasteiger partial charge in [0, 0.05) is 24.4 Å². The molecule has 29 heavy (non-hydrogen) atoms. The average molecular weight is 418 g/mol. The number of anilines is 1. The lowest BCUT2D eigenvalue weighted by molar-refractivity contribution is -0.143. The number of ether oxygens (including phenoxy) is 1. The van der Waals surface area contributed by atoms with Crippen LogP contribution in [0.1, 0.15) is 59.6 Å². The van der Waals surface area contributed by atoms with Crippen LogP contribution in [0.5, 0.6) is 0 Å². The molecule has 7 heteroatoms. The van der Waals surface area contributed by atoms with Crippen molar-refractivity contribution >= 4 is 34.9 Å². The molecule has 0 saturated heterocycles. The van der Waals surface area contributed by atoms with Gasteiger partial charge in [0.2, 0.25) is 5.91 Å². The van der Waals surface area contributed by atoms with E-state index in [9.17, 15) is 9.59 Å². The third-order valence-electron chi connectivity index (χ3n) is 4.60. The van der Waals surface area contributed by atoms with Gasteiger partial charge in [-0.25, -0.2) is 4.79 Å². The predicted molar refractivity (Wildman–Crippen MR) is 119 cm³/mol. The molecule has 1 amide bonds. The molecule has 0 fully saturated rings. The first-order valence-corrected chi connectivity index (χ1v) is 10.4. The van der Waals surface area contributed by atoms with E-state index in [1.54, 1.807) is 0 Å². The summed E-state index contributed by atoms with van der Waals surface area (Å²) in [5, 5.41) is 6.74. The normalized spacial score (nSPS) is 16.9. The van der Waals surface area contributed by atoms with Crippen molar-refractivity contribution in [2.45, 2.75) is 60.1 Å². The maximum absolute atomic E-state index is 12.8. The molecule has 1 aliphatic heterocycles. The van der Waals surface area contributed by atoms with Crippen molar-refractivity contribution in [1.29, 1.82) is 0 Å². The minimum absolute atomic E-state index is 0.0137. The Bertz CT molecular complexity index is 800. The maximum Gasteiger partial charge on any atom is 0.338 e. The first-order chi connectivity index (χ1) is 13.6. The van der Waals surface area contributed by atoms with Gasteiger partial charge < -0.3 is 20.3 Å². The molecule has 2 rings (SSSR count). The smallest absolute Gasteiger partial charge is 0.338 e. The SMILES string of the molecule is CCN1C(=S)NC(c2ccc(NC(=O)CC(C)C)cc2)C(C(=O)OC(C)C)=C1C. The van der Waals surface area contributed by atoms with Crippen LogP contribution in [0.4, 0.5) is 5.69 Å². The monoisotopic (exact) mass is 417 g/mol. The van der Waals surface area contributed by atoms with E-state index in [0.717, 1.165) is 16.9 Å². The van der Waals surface area contributed by atoms with Crippen molar-refractivity contribution in [1.82, 2.24) is 10.2 Å². The number of carbonyl (C=O) groups excluding carboxylic acids is 2. The lowest BCUT2D eigenvalue weighted by Gasteiger charge is -2.37. The van der Waals surface area contributed by atoms with E-state index < -0.39 is 6.04 Å². The Morgan fingerprint density at radius 2 is 1.83 bits per heavy atom. The van der Waals surface area contributed by atoms with Gasteiger partial charge in [-0.1, -0.05) is 26.0 Å². The van der Waals surface area contributed by atoms with E-state index in [0.29, 0.717) is 29.6 Å². The number of rotatable bonds is 7. The summed E-state index contributed by atoms with van der Waals surface area (Å²) in [4.78, 5) is 26.7. The predicted octanol–water partition coefficient (Wildman–Crippen LogP) is 4.15. The molecule has 1 heterocycles. The van der Waals surface area contributed by atoms with Crippen LogP contribution in [0.15, 0.2) is 35.5 Å². The Hall–Kier alpha value is -2.41. The van der Waals surface area contributed by atoms with Gasteiger partial charge in [-0.2, -0.15) is 0 Å². The van der Waals surface area contributed by atoms with Crippen molar-refractivity contribution in [3.63, 3.8) is 0 Å². The molecule has 1 unspecified atom stereocenters. The highest BCUT2D eigenvalue weighted by Crippen LogP contribution is 2.32. The molecule has 1 atom stereocenters. The molecule has 0 spiro atoms. The number of hydrogen-bond donors (Lipinski definition) is 2. The van der Waals surface area contributed by atoms with E-state index in [1.807, 2.05) is 70.7 Å². The number of carbonyl (C=O) groups is 2. The first-order valence-electron chi connectivity index (χ1n) is 10.0. The first kappa shape index (κ1) is 22.9. The number of nitrogens with one attached hydrogen (secondary N) is 2. The van der Waals surface area contributed by atoms with E-state index in [2.05, 4.69) is 10.6 Å². The van der Waals surface area contributed by atoms with Crippen LogP contribution in [-0.4, -0.2) is 34.5 Å². The maximum atomic E-state index is 12.8. The van der Waals surface area contributed by atoms with Crippen LogP contribution in [-0.2, 0) is 14.3 Å². The number of esters is 1. The molecular weight excluding hydrogens is 386 g/mol. The second-order valence-electron chi connectivity index (χ2n) is 7.85. The molecule has 2 N–H and O–H groups in total. The molecular formula is C22H31N3O3S. The van der Waals surface area contributed by atoms with Crippen LogP contribution in [0.2, 0.25) is 0 Å². The Balaban J connectivity index is 2.32. The minimum atomic E-state index is -0.406. The molecule has 0 bridgehead atoms. The summed E-state index contributed by atoms with van der Waals surface area (Å²) < 4.78 is 5.49. The summed E-state index contributed by atoms with van der Waals surface area (Å²) in [6.45, 7) is 12.2. The largest absolute Gasteiger partial charge is 0.459 e. The topological polar surface area (TPSA) is 70.7 Å². The lowest BCUT2D eigenvalue weighted by atomic mass is 9.94. The second kappa shape index (κ2) is 9.87. The van der Waals surface area contributed by atoms with Gasteiger partial charge in [-0.15, -0.1) is 0 Å². The third-order valence-corrected chi connectivity index (χ3v) is 4.93. The number of benzene rings is 1. The second-order valence-corrected chi connectivity index (χ2v) is 8.23. The average Bonchev–Trinajstić information content (AvgIpc) is 2.60. The Morgan fingerprint density at radius 1 is 1.21 bits per heavy atom. The van der Waals surface area contributed by atoms with E-state index in [4.69, 9.17) is 17.0 Å². The van der Waals surface area contributed by atoms with E-state index >= 15 is 0 Å². The highest BCUT2D eigenvalue weighted by atomic mass is 32.1. The van der Waals surface area contributed by atoms with Crippen LogP contribution in [0.25, 0.3) is 0 Å². The summed E-state index contributed by atoms with van der Waals surface area (Å²) in [5.74, 6) is -0.0728. The quantitative estimate of drug-likeness (QED) is 0.513. The molecule has 0 radical (unpaired) electrons. The molecule has 6 nitrogen and oxygen atoms in total. The molecule has 1 aliphatic rings. The van der Waals surface area contributed by atoms with Crippen LogP contribution in [0.3, 0.4) is 0 Å². The van der Waals surface area contributed by atoms with Gasteiger partial charge in [-0.3, -0.25) is 4.79 Å². The van der Waals surface area contributed by atoms with Crippen molar-refractivity contribution < 1.29 is 14.3 Å². The van der Waals surface area contributed by atoms with Gasteiger partial charge in [0.1, 0.15) is 0 Å². The van der Waals surface area contributed by atoms with Crippen LogP contribution < -0.4 is 10.6 Å². The van der Waals surface area contributed by atoms with Gasteiger partial charge in [0.05, 0.1) is 17.7 Å². The number of thiocarbonyl (C=S) groups is 1. The van der Waals surface area contributed by atoms with Crippen molar-refractivity contribution in [2.24, 2.45) is 5.92 Å². The van der Waals surface area contributed by atoms with Crippen molar-refractivity contribution in [2.75, 3.05) is 11.9 Å². The molecule has 0 saturated carbocycles. The fourth-order valence-electron chi connectivity index (χ4n) is 3.30. The fourth-order valence-corrected chi connectivity index (χ4v) is 3.68. The van der Waals surface area contributed by atoms with E-state index in [1.165, 1.54) is 0 Å². The van der Waals surface area contributed by atoms with Crippen molar-refractivity contribution in [3.8, 4) is 0 Å². The summed E-state index contributed by atoms with van der Waals surface area (Å²) >= 11 is 5.50. The molecule has 1 aromatic rings. The molecule has 1 aromatic carbocycles. The minimum Gasteiger partial charge on any atom is -0.459 e. The Kier molecular flexibility index (Phi) is 7.79. The summed E-state index contributed by atoms with van der Waals surface area (Å²) in [6.07, 6.45) is 0.256. The molecule has 158 valence electrons. The Labute approximate surface area is 178 Å². The van der Waals surface area contributed by atoms with Crippen molar-refractivity contribution in [3.05, 3.63) is 41.1 Å². The van der Waals surface area contributed by atoms with E-state index in [-0.39, 0.29) is 18.0 Å². The summed E-state index contributed by atoms with van der Waals surface area (Å²) in [5.41, 5.74) is 2.94. The van der Waals surface area contributed by atoms with Gasteiger partial charge in [0.25, 0.3) is 0 Å². The highest BCUT2D eigenvalue weighted by Gasteiger charge is 2.34. The molecule has 0 aromatic heterocycles. The van der Waals surface area contributed by atoms with Gasteiger partial charge in [-0.05, 0) is 63.5 Å². The zero-order valence-electron chi connectivity index (χ0n) is 18.0. The number of amides is 1. The fraction of sp³-hybridized carbons (Fsp3) is 0.500. The zero-order valence-corrected chi connectivity index (χ0v) is 18.9. The number of nitrogens with zero attached hydrogens (tertiary/aromatic N) is 1. The summed E-state index contributed by atoms with van der Waals surface area (Å²) in [6, 6.07) is 7.05. The standard InChI is InChI=1S/C22H31N3O3S/c1-7-25-15(6)19(21(27)28-14(4)5)20(24-22(25)29)16-8-10-17(11-9-16)23-18(26)12-13(2)3/h8-11,13-14,20H,7,12H2,1-6H3,(H,23,26)(H,24,29). The van der Waals surface area contributed by atoms with Gasteiger partial charge >= 0.3 is 5.97 Å². The lowest BCUT2D eigenvalue weighted by Crippen LogP contribution is -2.47. The van der Waals surface area contributed by atoms with Crippen LogP contribution >= 0.6 is 12.2 Å². The zero-order chi connectivity index (χ0) is 21.7. The summed E-state index contributed by atoms with van der Waals surface area (Å²) in [7, 11) is 0. The van der Waals surface area contributed by atoms with Crippen LogP contribution in [0, 0.1) is 5.92 Å².